The Morgan fingerprint density at radius 1 is 0.676 bits per heavy atom. The summed E-state index contributed by atoms with van der Waals surface area (Å²) >= 11 is 0. The van der Waals surface area contributed by atoms with Gasteiger partial charge in [0, 0.05) is 39.4 Å². The molecule has 4 aromatic rings. The fourth-order valence-electron chi connectivity index (χ4n) is 7.18. The maximum atomic E-state index is 4.96. The van der Waals surface area contributed by atoms with Crippen LogP contribution in [0.5, 0.6) is 0 Å². The molecule has 8 rings (SSSR count). The summed E-state index contributed by atoms with van der Waals surface area (Å²) in [5, 5.41) is 3.77. The van der Waals surface area contributed by atoms with Gasteiger partial charge >= 0.3 is 0 Å². The Balaban J connectivity index is 1.46. The zero-order valence-electron chi connectivity index (χ0n) is 20.2. The van der Waals surface area contributed by atoms with E-state index < -0.39 is 0 Å². The summed E-state index contributed by atoms with van der Waals surface area (Å²) in [6.07, 6.45) is 1.94. The normalized spacial score (nSPS) is 22.4. The number of aromatic nitrogens is 1. The minimum atomic E-state index is -0.0845. The van der Waals surface area contributed by atoms with Crippen molar-refractivity contribution in [2.75, 3.05) is 10.2 Å². The summed E-state index contributed by atoms with van der Waals surface area (Å²) in [6.45, 7) is 11.8. The maximum Gasteiger partial charge on any atom is 0.141 e. The van der Waals surface area contributed by atoms with Crippen LogP contribution in [0.2, 0.25) is 0 Å². The average Bonchev–Trinajstić information content (AvgIpc) is 3.45. The van der Waals surface area contributed by atoms with Crippen molar-refractivity contribution < 1.29 is 0 Å². The number of anilines is 5. The molecule has 1 unspecified atom stereocenters. The van der Waals surface area contributed by atoms with Crippen molar-refractivity contribution in [1.29, 1.82) is 0 Å². The van der Waals surface area contributed by atoms with E-state index in [1.165, 1.54) is 61.7 Å². The molecule has 1 N–H and O–H groups in total. The molecule has 3 aromatic carbocycles. The third kappa shape index (κ3) is 1.85. The van der Waals surface area contributed by atoms with E-state index in [0.717, 1.165) is 5.82 Å². The summed E-state index contributed by atoms with van der Waals surface area (Å²) in [5.74, 6) is 1.07. The first kappa shape index (κ1) is 18.8. The Morgan fingerprint density at radius 2 is 1.41 bits per heavy atom. The molecule has 3 heteroatoms. The van der Waals surface area contributed by atoms with Crippen molar-refractivity contribution in [1.82, 2.24) is 4.98 Å². The van der Waals surface area contributed by atoms with E-state index in [-0.39, 0.29) is 16.2 Å². The van der Waals surface area contributed by atoms with Gasteiger partial charge in [0.05, 0.1) is 11.4 Å². The lowest BCUT2D eigenvalue weighted by Crippen LogP contribution is -2.34. The van der Waals surface area contributed by atoms with Crippen LogP contribution in [-0.4, -0.2) is 4.98 Å². The minimum Gasteiger partial charge on any atom is -0.355 e. The molecule has 0 saturated heterocycles. The molecular weight excluding hydrogens is 414 g/mol. The van der Waals surface area contributed by atoms with Gasteiger partial charge in [-0.1, -0.05) is 64.1 Å². The second-order valence-electron chi connectivity index (χ2n) is 11.6. The van der Waals surface area contributed by atoms with Crippen LogP contribution in [0.15, 0.2) is 66.9 Å². The van der Waals surface area contributed by atoms with Crippen molar-refractivity contribution in [3.05, 3.63) is 106 Å². The van der Waals surface area contributed by atoms with E-state index in [1.54, 1.807) is 0 Å². The molecule has 166 valence electrons. The molecule has 1 aromatic heterocycles. The highest BCUT2D eigenvalue weighted by molar-refractivity contribution is 6.00. The highest BCUT2D eigenvalue weighted by Crippen LogP contribution is 2.70. The van der Waals surface area contributed by atoms with Crippen molar-refractivity contribution in [3.8, 4) is 0 Å². The Hall–Kier alpha value is -3.59. The SMILES string of the molecule is CC1(C)c2ccccc2Nc2cc3c(cc21)C1(C)c2ccc4c(c21)N3c1ncccc1C4(C)C. The van der Waals surface area contributed by atoms with Gasteiger partial charge in [-0.25, -0.2) is 4.98 Å². The predicted octanol–water partition coefficient (Wildman–Crippen LogP) is 7.55. The Morgan fingerprint density at radius 3 is 2.26 bits per heavy atom. The first-order valence-corrected chi connectivity index (χ1v) is 12.3. The van der Waals surface area contributed by atoms with Crippen LogP contribution in [0.4, 0.5) is 28.6 Å². The molecule has 4 heterocycles. The van der Waals surface area contributed by atoms with E-state index in [0.29, 0.717) is 0 Å². The molecule has 0 spiro atoms. The van der Waals surface area contributed by atoms with Crippen molar-refractivity contribution in [2.45, 2.75) is 50.9 Å². The third-order valence-electron chi connectivity index (χ3n) is 9.18. The quantitative estimate of drug-likeness (QED) is 0.305. The van der Waals surface area contributed by atoms with Gasteiger partial charge in [0.2, 0.25) is 0 Å². The number of hydrogen-bond donors (Lipinski definition) is 1. The second-order valence-corrected chi connectivity index (χ2v) is 11.6. The van der Waals surface area contributed by atoms with E-state index in [1.807, 2.05) is 6.20 Å². The number of nitrogens with one attached hydrogen (secondary N) is 1. The van der Waals surface area contributed by atoms with Crippen LogP contribution in [0.25, 0.3) is 0 Å². The Kier molecular flexibility index (Phi) is 2.98. The molecule has 3 nitrogen and oxygen atoms in total. The number of nitrogens with zero attached hydrogens (tertiary/aromatic N) is 2. The summed E-state index contributed by atoms with van der Waals surface area (Å²) in [4.78, 5) is 7.41. The van der Waals surface area contributed by atoms with E-state index in [2.05, 4.69) is 105 Å². The number of hydrogen-bond acceptors (Lipinski definition) is 3. The van der Waals surface area contributed by atoms with E-state index in [9.17, 15) is 0 Å². The van der Waals surface area contributed by atoms with Crippen LogP contribution in [0, 0.1) is 0 Å². The van der Waals surface area contributed by atoms with Gasteiger partial charge in [0.15, 0.2) is 0 Å². The van der Waals surface area contributed by atoms with Crippen molar-refractivity contribution in [2.24, 2.45) is 0 Å². The van der Waals surface area contributed by atoms with Gasteiger partial charge in [-0.05, 0) is 64.6 Å². The zero-order valence-corrected chi connectivity index (χ0v) is 20.2. The summed E-state index contributed by atoms with van der Waals surface area (Å²) < 4.78 is 0. The minimum absolute atomic E-state index is 0.0240. The summed E-state index contributed by atoms with van der Waals surface area (Å²) in [5.41, 5.74) is 14.6. The number of rotatable bonds is 0. The average molecular weight is 442 g/mol. The van der Waals surface area contributed by atoms with Gasteiger partial charge in [0.1, 0.15) is 5.82 Å². The van der Waals surface area contributed by atoms with Gasteiger partial charge in [-0.3, -0.25) is 4.90 Å². The number of benzene rings is 3. The Bertz CT molecular complexity index is 1610. The van der Waals surface area contributed by atoms with Gasteiger partial charge in [0.25, 0.3) is 0 Å². The molecular formula is C31H27N3. The first-order valence-electron chi connectivity index (χ1n) is 12.3. The van der Waals surface area contributed by atoms with Gasteiger partial charge in [-0.2, -0.15) is 0 Å². The van der Waals surface area contributed by atoms with Crippen molar-refractivity contribution in [3.63, 3.8) is 0 Å². The van der Waals surface area contributed by atoms with E-state index in [4.69, 9.17) is 4.98 Å². The molecule has 1 atom stereocenters. The lowest BCUT2D eigenvalue weighted by Gasteiger charge is -2.45. The summed E-state index contributed by atoms with van der Waals surface area (Å²) in [7, 11) is 0. The van der Waals surface area contributed by atoms with Crippen LogP contribution in [0.1, 0.15) is 73.6 Å². The zero-order chi connectivity index (χ0) is 23.2. The molecule has 1 aliphatic carbocycles. The third-order valence-corrected chi connectivity index (χ3v) is 9.18. The number of pyridine rings is 1. The molecule has 0 saturated carbocycles. The van der Waals surface area contributed by atoms with Crippen LogP contribution in [-0.2, 0) is 16.2 Å². The van der Waals surface area contributed by atoms with Gasteiger partial charge in [-0.15, -0.1) is 0 Å². The number of para-hydroxylation sites is 1. The molecule has 4 aliphatic rings. The maximum absolute atomic E-state index is 4.96. The largest absolute Gasteiger partial charge is 0.355 e. The highest BCUT2D eigenvalue weighted by atomic mass is 15.2. The first-order chi connectivity index (χ1) is 16.3. The van der Waals surface area contributed by atoms with Crippen LogP contribution >= 0.6 is 0 Å². The lowest BCUT2D eigenvalue weighted by atomic mass is 9.71. The van der Waals surface area contributed by atoms with Crippen molar-refractivity contribution >= 4 is 28.6 Å². The smallest absolute Gasteiger partial charge is 0.141 e. The number of fused-ring (bicyclic) bond motifs is 8. The summed E-state index contributed by atoms with van der Waals surface area (Å²) in [6, 6.07) is 22.7. The fourth-order valence-corrected chi connectivity index (χ4v) is 7.18. The van der Waals surface area contributed by atoms with Crippen LogP contribution < -0.4 is 10.2 Å². The Labute approximate surface area is 200 Å². The predicted molar refractivity (Wildman–Crippen MR) is 138 cm³/mol. The standard InChI is InChI=1S/C31H27N3/c1-29(2)17-9-6-7-11-23(17)33-24-16-25-22(15-21(24)29)31(5)18-12-13-19-27(26(18)31)34(25)28-20(30(19,3)4)10-8-14-32-28/h6-16,33H,1-5H3. The molecule has 0 amide bonds. The molecule has 0 bridgehead atoms. The molecule has 0 fully saturated rings. The fraction of sp³-hybridized carbons (Fsp3) is 0.258. The molecule has 34 heavy (non-hydrogen) atoms. The van der Waals surface area contributed by atoms with Gasteiger partial charge < -0.3 is 5.32 Å². The highest BCUT2D eigenvalue weighted by Gasteiger charge is 2.59. The monoisotopic (exact) mass is 441 g/mol. The molecule has 3 aliphatic heterocycles. The second kappa shape index (κ2) is 5.38. The topological polar surface area (TPSA) is 28.2 Å². The molecule has 0 radical (unpaired) electrons. The van der Waals surface area contributed by atoms with Crippen LogP contribution in [0.3, 0.4) is 0 Å². The lowest BCUT2D eigenvalue weighted by molar-refractivity contribution is 0.623. The van der Waals surface area contributed by atoms with E-state index >= 15 is 0 Å².